The third-order valence-electron chi connectivity index (χ3n) is 2.79. The number of aromatic nitrogens is 4. The van der Waals surface area contributed by atoms with Crippen LogP contribution in [0.25, 0.3) is 22.6 Å². The molecule has 0 unspecified atom stereocenters. The molecule has 2 N–H and O–H groups in total. The molecule has 3 rings (SSSR count). The van der Waals surface area contributed by atoms with Crippen LogP contribution in [0.15, 0.2) is 29.3 Å². The molecule has 1 aromatic carbocycles. The molecule has 0 aliphatic carbocycles. The fourth-order valence-corrected chi connectivity index (χ4v) is 2.50. The van der Waals surface area contributed by atoms with E-state index >= 15 is 0 Å². The van der Waals surface area contributed by atoms with E-state index in [4.69, 9.17) is 4.74 Å². The maximum absolute atomic E-state index is 5.19. The van der Waals surface area contributed by atoms with Crippen LogP contribution in [-0.4, -0.2) is 33.0 Å². The van der Waals surface area contributed by atoms with Gasteiger partial charge in [-0.15, -0.1) is 11.8 Å². The van der Waals surface area contributed by atoms with Gasteiger partial charge in [-0.1, -0.05) is 6.92 Å². The summed E-state index contributed by atoms with van der Waals surface area (Å²) in [5.74, 6) is 2.58. The molecule has 3 aromatic rings. The van der Waals surface area contributed by atoms with Gasteiger partial charge in [0.25, 0.3) is 0 Å². The van der Waals surface area contributed by atoms with Crippen molar-refractivity contribution in [3.63, 3.8) is 0 Å². The largest absolute Gasteiger partial charge is 0.497 e. The lowest BCUT2D eigenvalue weighted by atomic mass is 10.3. The zero-order chi connectivity index (χ0) is 13.2. The third-order valence-corrected chi connectivity index (χ3v) is 3.60. The van der Waals surface area contributed by atoms with Crippen LogP contribution in [-0.2, 0) is 0 Å². The average Bonchev–Trinajstić information content (AvgIpc) is 3.03. The second-order valence-electron chi connectivity index (χ2n) is 4.02. The first-order valence-electron chi connectivity index (χ1n) is 6.02. The minimum absolute atomic E-state index is 0.766. The Kier molecular flexibility index (Phi) is 3.16. The van der Waals surface area contributed by atoms with Crippen molar-refractivity contribution in [2.45, 2.75) is 11.9 Å². The van der Waals surface area contributed by atoms with Gasteiger partial charge >= 0.3 is 0 Å². The van der Waals surface area contributed by atoms with Crippen LogP contribution < -0.4 is 4.74 Å². The van der Waals surface area contributed by atoms with Gasteiger partial charge in [0.1, 0.15) is 11.4 Å². The number of nitrogens with one attached hydrogen (secondary N) is 2. The first-order valence-corrected chi connectivity index (χ1v) is 7.01. The highest BCUT2D eigenvalue weighted by Gasteiger charge is 2.09. The maximum atomic E-state index is 5.19. The quantitative estimate of drug-likeness (QED) is 0.717. The number of hydrogen-bond donors (Lipinski definition) is 2. The summed E-state index contributed by atoms with van der Waals surface area (Å²) in [4.78, 5) is 7.80. The van der Waals surface area contributed by atoms with Gasteiger partial charge in [0.05, 0.1) is 23.2 Å². The molecule has 0 bridgehead atoms. The summed E-state index contributed by atoms with van der Waals surface area (Å²) in [6, 6.07) is 7.78. The van der Waals surface area contributed by atoms with Crippen LogP contribution >= 0.6 is 11.8 Å². The van der Waals surface area contributed by atoms with Gasteiger partial charge in [0.15, 0.2) is 5.82 Å². The molecule has 0 aliphatic rings. The fraction of sp³-hybridized carbons (Fsp3) is 0.231. The molecule has 0 amide bonds. The van der Waals surface area contributed by atoms with Crippen LogP contribution in [0.5, 0.6) is 5.75 Å². The maximum Gasteiger partial charge on any atom is 0.159 e. The van der Waals surface area contributed by atoms with Crippen LogP contribution in [0, 0.1) is 0 Å². The van der Waals surface area contributed by atoms with Crippen LogP contribution in [0.1, 0.15) is 6.92 Å². The summed E-state index contributed by atoms with van der Waals surface area (Å²) in [5.41, 5.74) is 2.68. The Morgan fingerprint density at radius 2 is 2.21 bits per heavy atom. The third kappa shape index (κ3) is 2.31. The van der Waals surface area contributed by atoms with Crippen molar-refractivity contribution in [3.8, 4) is 17.3 Å². The topological polar surface area (TPSA) is 66.6 Å². The first kappa shape index (κ1) is 12.1. The Balaban J connectivity index is 1.99. The molecule has 98 valence electrons. The highest BCUT2D eigenvalue weighted by Crippen LogP contribution is 2.25. The Bertz CT molecular complexity index is 704. The number of nitrogens with zero attached hydrogens (tertiary/aromatic N) is 2. The van der Waals surface area contributed by atoms with Gasteiger partial charge in [0, 0.05) is 12.1 Å². The van der Waals surface area contributed by atoms with Gasteiger partial charge in [-0.25, -0.2) is 4.98 Å². The SMILES string of the molecule is CCSc1cc(-c2nc3cc(OC)ccc3[nH]2)n[nH]1. The number of ether oxygens (including phenoxy) is 1. The van der Waals surface area contributed by atoms with E-state index < -0.39 is 0 Å². The molecule has 0 radical (unpaired) electrons. The van der Waals surface area contributed by atoms with Crippen molar-refractivity contribution in [1.29, 1.82) is 0 Å². The summed E-state index contributed by atoms with van der Waals surface area (Å²) in [6.07, 6.45) is 0. The summed E-state index contributed by atoms with van der Waals surface area (Å²) in [6.45, 7) is 2.11. The van der Waals surface area contributed by atoms with Gasteiger partial charge in [-0.05, 0) is 17.9 Å². The lowest BCUT2D eigenvalue weighted by Crippen LogP contribution is -1.81. The normalized spacial score (nSPS) is 11.1. The number of thioether (sulfide) groups is 1. The summed E-state index contributed by atoms with van der Waals surface area (Å²) < 4.78 is 5.19. The summed E-state index contributed by atoms with van der Waals surface area (Å²) in [7, 11) is 1.65. The monoisotopic (exact) mass is 274 g/mol. The molecule has 0 saturated heterocycles. The highest BCUT2D eigenvalue weighted by atomic mass is 32.2. The minimum atomic E-state index is 0.766. The average molecular weight is 274 g/mol. The Labute approximate surface area is 114 Å². The smallest absolute Gasteiger partial charge is 0.159 e. The number of H-pyrrole nitrogens is 2. The molecule has 0 spiro atoms. The van der Waals surface area contributed by atoms with Gasteiger partial charge in [-0.2, -0.15) is 5.10 Å². The lowest BCUT2D eigenvalue weighted by Gasteiger charge is -1.96. The number of aromatic amines is 2. The molecule has 0 atom stereocenters. The van der Waals surface area contributed by atoms with E-state index in [1.54, 1.807) is 18.9 Å². The first-order chi connectivity index (χ1) is 9.30. The summed E-state index contributed by atoms with van der Waals surface area (Å²) in [5, 5.41) is 8.32. The fourth-order valence-electron chi connectivity index (χ4n) is 1.89. The number of benzene rings is 1. The van der Waals surface area contributed by atoms with Crippen molar-refractivity contribution in [1.82, 2.24) is 20.2 Å². The van der Waals surface area contributed by atoms with Crippen molar-refractivity contribution in [2.24, 2.45) is 0 Å². The molecule has 2 heterocycles. The van der Waals surface area contributed by atoms with E-state index in [-0.39, 0.29) is 0 Å². The molecule has 0 aliphatic heterocycles. The standard InChI is InChI=1S/C13H14N4OS/c1-3-19-12-7-11(16-17-12)13-14-9-5-4-8(18-2)6-10(9)15-13/h4-7H,3H2,1-2H3,(H,14,15)(H,16,17). The van der Waals surface area contributed by atoms with Crippen molar-refractivity contribution in [3.05, 3.63) is 24.3 Å². The van der Waals surface area contributed by atoms with E-state index in [0.29, 0.717) is 0 Å². The van der Waals surface area contributed by atoms with Crippen molar-refractivity contribution >= 4 is 22.8 Å². The number of imidazole rings is 1. The molecule has 19 heavy (non-hydrogen) atoms. The van der Waals surface area contributed by atoms with Crippen molar-refractivity contribution in [2.75, 3.05) is 12.9 Å². The van der Waals surface area contributed by atoms with Gasteiger partial charge in [0.2, 0.25) is 0 Å². The Hall–Kier alpha value is -1.95. The van der Waals surface area contributed by atoms with E-state index in [9.17, 15) is 0 Å². The number of rotatable bonds is 4. The number of methoxy groups -OCH3 is 1. The molecular formula is C13H14N4OS. The van der Waals surface area contributed by atoms with Crippen LogP contribution in [0.3, 0.4) is 0 Å². The molecule has 0 saturated carbocycles. The van der Waals surface area contributed by atoms with E-state index in [1.165, 1.54) is 0 Å². The predicted octanol–water partition coefficient (Wildman–Crippen LogP) is 3.07. The van der Waals surface area contributed by atoms with E-state index in [0.717, 1.165) is 39.1 Å². The molecule has 6 heteroatoms. The Morgan fingerprint density at radius 3 is 3.00 bits per heavy atom. The number of fused-ring (bicyclic) bond motifs is 1. The van der Waals surface area contributed by atoms with E-state index in [1.807, 2.05) is 24.3 Å². The van der Waals surface area contributed by atoms with E-state index in [2.05, 4.69) is 27.1 Å². The minimum Gasteiger partial charge on any atom is -0.497 e. The zero-order valence-electron chi connectivity index (χ0n) is 10.7. The highest BCUT2D eigenvalue weighted by molar-refractivity contribution is 7.99. The van der Waals surface area contributed by atoms with Gasteiger partial charge < -0.3 is 9.72 Å². The molecule has 0 fully saturated rings. The molecule has 2 aromatic heterocycles. The molecule has 5 nitrogen and oxygen atoms in total. The summed E-state index contributed by atoms with van der Waals surface area (Å²) >= 11 is 1.72. The Morgan fingerprint density at radius 1 is 1.32 bits per heavy atom. The number of hydrogen-bond acceptors (Lipinski definition) is 4. The second-order valence-corrected chi connectivity index (χ2v) is 5.32. The predicted molar refractivity (Wildman–Crippen MR) is 76.6 cm³/mol. The zero-order valence-corrected chi connectivity index (χ0v) is 11.5. The van der Waals surface area contributed by atoms with Crippen LogP contribution in [0.2, 0.25) is 0 Å². The molecular weight excluding hydrogens is 260 g/mol. The second kappa shape index (κ2) is 4.97. The lowest BCUT2D eigenvalue weighted by molar-refractivity contribution is 0.415. The van der Waals surface area contributed by atoms with Crippen LogP contribution in [0.4, 0.5) is 0 Å². The van der Waals surface area contributed by atoms with Gasteiger partial charge in [-0.3, -0.25) is 5.10 Å². The van der Waals surface area contributed by atoms with Crippen molar-refractivity contribution < 1.29 is 4.74 Å².